The lowest BCUT2D eigenvalue weighted by molar-refractivity contribution is 0.104. The number of ketones is 1. The maximum absolute atomic E-state index is 12.4. The zero-order valence-electron chi connectivity index (χ0n) is 14.1. The van der Waals surface area contributed by atoms with Gasteiger partial charge in [0.15, 0.2) is 5.78 Å². The molecule has 26 heavy (non-hydrogen) atoms. The Morgan fingerprint density at radius 3 is 2.50 bits per heavy atom. The zero-order chi connectivity index (χ0) is 18.9. The number of halogens is 1. The van der Waals surface area contributed by atoms with Crippen LogP contribution < -0.4 is 0 Å². The second kappa shape index (κ2) is 7.14. The van der Waals surface area contributed by atoms with E-state index in [4.69, 9.17) is 0 Å². The van der Waals surface area contributed by atoms with Gasteiger partial charge < -0.3 is 0 Å². The number of imidazole rings is 1. The van der Waals surface area contributed by atoms with Crippen LogP contribution in [0.3, 0.4) is 0 Å². The molecule has 0 spiro atoms. The lowest BCUT2D eigenvalue weighted by Gasteiger charge is -2.11. The molecule has 0 atom stereocenters. The lowest BCUT2D eigenvalue weighted by Crippen LogP contribution is -2.22. The van der Waals surface area contributed by atoms with E-state index in [1.54, 1.807) is 12.3 Å². The molecule has 8 heteroatoms. The monoisotopic (exact) mass is 433 g/mol. The first-order chi connectivity index (χ1) is 12.3. The van der Waals surface area contributed by atoms with Crippen molar-refractivity contribution in [2.75, 3.05) is 14.1 Å². The van der Waals surface area contributed by atoms with Crippen molar-refractivity contribution < 1.29 is 13.2 Å². The Morgan fingerprint density at radius 1 is 1.15 bits per heavy atom. The van der Waals surface area contributed by atoms with E-state index in [0.29, 0.717) is 5.56 Å². The van der Waals surface area contributed by atoms with Gasteiger partial charge in [-0.2, -0.15) is 0 Å². The van der Waals surface area contributed by atoms with Gasteiger partial charge in [0.1, 0.15) is 5.65 Å². The van der Waals surface area contributed by atoms with E-state index < -0.39 is 10.0 Å². The molecular weight excluding hydrogens is 418 g/mol. The molecular formula is C18H16BrN3O3S. The average molecular weight is 434 g/mol. The Hall–Kier alpha value is -2.29. The van der Waals surface area contributed by atoms with Gasteiger partial charge in [-0.1, -0.05) is 0 Å². The Labute approximate surface area is 160 Å². The summed E-state index contributed by atoms with van der Waals surface area (Å²) in [6.45, 7) is 0. The summed E-state index contributed by atoms with van der Waals surface area (Å²) in [6.07, 6.45) is 6.67. The molecule has 2 heterocycles. The minimum absolute atomic E-state index is 0.148. The average Bonchev–Trinajstić information content (AvgIpc) is 3.01. The maximum atomic E-state index is 12.4. The largest absolute Gasteiger partial charge is 0.299 e. The van der Waals surface area contributed by atoms with Crippen molar-refractivity contribution in [1.29, 1.82) is 0 Å². The Kier molecular flexibility index (Phi) is 5.08. The first kappa shape index (κ1) is 18.5. The van der Waals surface area contributed by atoms with Crippen LogP contribution in [0.2, 0.25) is 0 Å². The van der Waals surface area contributed by atoms with Crippen molar-refractivity contribution in [3.05, 3.63) is 70.6 Å². The lowest BCUT2D eigenvalue weighted by atomic mass is 10.1. The molecule has 0 amide bonds. The van der Waals surface area contributed by atoms with E-state index in [9.17, 15) is 13.2 Å². The fraction of sp³-hybridized carbons (Fsp3) is 0.111. The molecule has 6 nitrogen and oxygen atoms in total. The van der Waals surface area contributed by atoms with Crippen LogP contribution >= 0.6 is 15.9 Å². The molecule has 0 bridgehead atoms. The van der Waals surface area contributed by atoms with Gasteiger partial charge in [-0.3, -0.25) is 9.20 Å². The van der Waals surface area contributed by atoms with Crippen molar-refractivity contribution in [2.24, 2.45) is 0 Å². The van der Waals surface area contributed by atoms with Gasteiger partial charge in [0.05, 0.1) is 16.8 Å². The number of pyridine rings is 1. The summed E-state index contributed by atoms with van der Waals surface area (Å²) in [6, 6.07) is 9.64. The summed E-state index contributed by atoms with van der Waals surface area (Å²) in [7, 11) is -0.580. The van der Waals surface area contributed by atoms with E-state index >= 15 is 0 Å². The fourth-order valence-corrected chi connectivity index (χ4v) is 3.59. The molecule has 0 saturated heterocycles. The summed E-state index contributed by atoms with van der Waals surface area (Å²) in [5, 5.41) is 0. The molecule has 1 aromatic carbocycles. The summed E-state index contributed by atoms with van der Waals surface area (Å²) in [5.74, 6) is -0.219. The van der Waals surface area contributed by atoms with Crippen LogP contribution in [0.25, 0.3) is 11.7 Å². The Balaban J connectivity index is 1.83. The summed E-state index contributed by atoms with van der Waals surface area (Å²) < 4.78 is 28.0. The highest BCUT2D eigenvalue weighted by atomic mass is 79.9. The zero-order valence-corrected chi connectivity index (χ0v) is 16.5. The SMILES string of the molecule is CN(C)S(=O)(=O)c1ccc(C(=O)/C=C/c2cnc3ccc(Br)cn23)cc1. The smallest absolute Gasteiger partial charge is 0.242 e. The minimum Gasteiger partial charge on any atom is -0.299 e. The molecule has 3 aromatic rings. The molecule has 0 radical (unpaired) electrons. The van der Waals surface area contributed by atoms with Crippen molar-refractivity contribution in [1.82, 2.24) is 13.7 Å². The van der Waals surface area contributed by atoms with Crippen LogP contribution in [0.4, 0.5) is 0 Å². The molecule has 0 aliphatic heterocycles. The Bertz CT molecular complexity index is 1100. The van der Waals surface area contributed by atoms with Gasteiger partial charge in [0.2, 0.25) is 10.0 Å². The second-order valence-corrected chi connectivity index (χ2v) is 8.84. The maximum Gasteiger partial charge on any atom is 0.242 e. The van der Waals surface area contributed by atoms with Crippen LogP contribution in [-0.4, -0.2) is 42.0 Å². The highest BCUT2D eigenvalue weighted by Gasteiger charge is 2.17. The molecule has 0 fully saturated rings. The van der Waals surface area contributed by atoms with Crippen LogP contribution in [0.1, 0.15) is 16.1 Å². The summed E-state index contributed by atoms with van der Waals surface area (Å²) >= 11 is 3.41. The molecule has 2 aromatic heterocycles. The van der Waals surface area contributed by atoms with Gasteiger partial charge in [0.25, 0.3) is 0 Å². The molecule has 0 aliphatic carbocycles. The number of benzene rings is 1. The van der Waals surface area contributed by atoms with E-state index in [1.165, 1.54) is 44.4 Å². The first-order valence-corrected chi connectivity index (χ1v) is 9.90. The minimum atomic E-state index is -3.51. The topological polar surface area (TPSA) is 71.8 Å². The molecule has 3 rings (SSSR count). The van der Waals surface area contributed by atoms with E-state index in [0.717, 1.165) is 20.1 Å². The van der Waals surface area contributed by atoms with Crippen LogP contribution in [0.5, 0.6) is 0 Å². The van der Waals surface area contributed by atoms with Gasteiger partial charge in [-0.25, -0.2) is 17.7 Å². The van der Waals surface area contributed by atoms with Gasteiger partial charge in [-0.15, -0.1) is 0 Å². The van der Waals surface area contributed by atoms with Gasteiger partial charge in [-0.05, 0) is 64.5 Å². The number of nitrogens with zero attached hydrogens (tertiary/aromatic N) is 3. The third-order valence-electron chi connectivity index (χ3n) is 3.82. The highest BCUT2D eigenvalue weighted by Crippen LogP contribution is 2.16. The van der Waals surface area contributed by atoms with Crippen molar-refractivity contribution in [3.63, 3.8) is 0 Å². The number of carbonyl (C=O) groups is 1. The fourth-order valence-electron chi connectivity index (χ4n) is 2.36. The highest BCUT2D eigenvalue weighted by molar-refractivity contribution is 9.10. The number of fused-ring (bicyclic) bond motifs is 1. The predicted octanol–water partition coefficient (Wildman–Crippen LogP) is 3.24. The number of carbonyl (C=O) groups excluding carboxylic acids is 1. The molecule has 0 unspecified atom stereocenters. The Morgan fingerprint density at radius 2 is 1.85 bits per heavy atom. The number of aromatic nitrogens is 2. The van der Waals surface area contributed by atoms with Crippen LogP contribution in [0.15, 0.2) is 64.2 Å². The third kappa shape index (κ3) is 3.62. The van der Waals surface area contributed by atoms with Gasteiger partial charge in [0, 0.05) is 30.3 Å². The number of sulfonamides is 1. The number of allylic oxidation sites excluding steroid dienone is 1. The first-order valence-electron chi connectivity index (χ1n) is 7.66. The van der Waals surface area contributed by atoms with Crippen molar-refractivity contribution in [3.8, 4) is 0 Å². The van der Waals surface area contributed by atoms with Crippen molar-refractivity contribution >= 4 is 43.5 Å². The van der Waals surface area contributed by atoms with Crippen LogP contribution in [-0.2, 0) is 10.0 Å². The normalized spacial score (nSPS) is 12.3. The number of hydrogen-bond acceptors (Lipinski definition) is 4. The van der Waals surface area contributed by atoms with Crippen molar-refractivity contribution in [2.45, 2.75) is 4.90 Å². The standard InChI is InChI=1S/C18H16BrN3O3S/c1-21(2)26(24,25)16-7-3-13(4-8-16)17(23)9-6-15-11-20-18-10-5-14(19)12-22(15)18/h3-12H,1-2H3/b9-6+. The molecule has 0 aliphatic rings. The van der Waals surface area contributed by atoms with Crippen LogP contribution in [0, 0.1) is 0 Å². The predicted molar refractivity (Wildman–Crippen MR) is 104 cm³/mol. The number of rotatable bonds is 5. The van der Waals surface area contributed by atoms with E-state index in [-0.39, 0.29) is 10.7 Å². The summed E-state index contributed by atoms with van der Waals surface area (Å²) in [4.78, 5) is 16.8. The van der Waals surface area contributed by atoms with E-state index in [2.05, 4.69) is 20.9 Å². The number of hydrogen-bond donors (Lipinski definition) is 0. The summed E-state index contributed by atoms with van der Waals surface area (Å²) in [5.41, 5.74) is 1.95. The quantitative estimate of drug-likeness (QED) is 0.457. The third-order valence-corrected chi connectivity index (χ3v) is 6.12. The van der Waals surface area contributed by atoms with E-state index in [1.807, 2.05) is 22.7 Å². The second-order valence-electron chi connectivity index (χ2n) is 5.77. The molecule has 0 N–H and O–H groups in total. The van der Waals surface area contributed by atoms with Gasteiger partial charge >= 0.3 is 0 Å². The molecule has 134 valence electrons. The molecule has 0 saturated carbocycles.